The number of aliphatic hydroxyl groups is 1. The van der Waals surface area contributed by atoms with E-state index < -0.39 is 5.60 Å². The van der Waals surface area contributed by atoms with Gasteiger partial charge in [0, 0.05) is 25.3 Å². The first-order valence-corrected chi connectivity index (χ1v) is 6.99. The predicted molar refractivity (Wildman–Crippen MR) is 72.4 cm³/mol. The minimum Gasteiger partial charge on any atom is -0.389 e. The van der Waals surface area contributed by atoms with Crippen LogP contribution in [0.3, 0.4) is 0 Å². The number of hydrogen-bond donors (Lipinski definition) is 1. The first-order chi connectivity index (χ1) is 8.50. The topological polar surface area (TPSA) is 41.3 Å². The Bertz CT molecular complexity index is 386. The fourth-order valence-electron chi connectivity index (χ4n) is 2.58. The van der Waals surface area contributed by atoms with E-state index in [1.807, 2.05) is 11.6 Å². The van der Waals surface area contributed by atoms with E-state index >= 15 is 0 Å². The molecular weight excluding hydrogens is 226 g/mol. The van der Waals surface area contributed by atoms with Crippen LogP contribution in [0.1, 0.15) is 51.8 Å². The van der Waals surface area contributed by atoms with Gasteiger partial charge in [-0.15, -0.1) is 0 Å². The normalized spacial score (nSPS) is 27.3. The summed E-state index contributed by atoms with van der Waals surface area (Å²) >= 11 is 0. The van der Waals surface area contributed by atoms with E-state index in [2.05, 4.69) is 36.1 Å². The van der Waals surface area contributed by atoms with E-state index in [1.54, 1.807) is 0 Å². The first-order valence-electron chi connectivity index (χ1n) is 6.99. The van der Waals surface area contributed by atoms with Gasteiger partial charge in [-0.05, 0) is 45.7 Å². The second-order valence-corrected chi connectivity index (χ2v) is 5.86. The van der Waals surface area contributed by atoms with Gasteiger partial charge >= 0.3 is 0 Å². The predicted octanol–water partition coefficient (Wildman–Crippen LogP) is 2.20. The third kappa shape index (κ3) is 3.33. The molecule has 1 fully saturated rings. The van der Waals surface area contributed by atoms with Crippen LogP contribution in [-0.4, -0.2) is 38.5 Å². The third-order valence-electron chi connectivity index (χ3n) is 3.85. The minimum atomic E-state index is -0.530. The van der Waals surface area contributed by atoms with Gasteiger partial charge < -0.3 is 5.11 Å². The Morgan fingerprint density at radius 1 is 1.56 bits per heavy atom. The van der Waals surface area contributed by atoms with Gasteiger partial charge in [0.05, 0.1) is 11.3 Å². The zero-order valence-electron chi connectivity index (χ0n) is 11.8. The number of piperidine rings is 1. The van der Waals surface area contributed by atoms with Crippen LogP contribution in [0.4, 0.5) is 0 Å². The van der Waals surface area contributed by atoms with E-state index in [4.69, 9.17) is 0 Å². The van der Waals surface area contributed by atoms with Gasteiger partial charge in [-0.1, -0.05) is 6.92 Å². The van der Waals surface area contributed by atoms with Gasteiger partial charge in [0.2, 0.25) is 0 Å². The number of hydrogen-bond acceptors (Lipinski definition) is 3. The SMILES string of the molecule is CCC(C)n1ccc(CN2CCCC(C)(O)C2)n1. The Hall–Kier alpha value is -0.870. The lowest BCUT2D eigenvalue weighted by Gasteiger charge is -2.36. The highest BCUT2D eigenvalue weighted by molar-refractivity contribution is 5.00. The van der Waals surface area contributed by atoms with Crippen molar-refractivity contribution in [2.24, 2.45) is 0 Å². The summed E-state index contributed by atoms with van der Waals surface area (Å²) in [6, 6.07) is 2.55. The molecular formula is C14H25N3O. The maximum Gasteiger partial charge on any atom is 0.0764 e. The second kappa shape index (κ2) is 5.41. The van der Waals surface area contributed by atoms with Crippen molar-refractivity contribution in [3.8, 4) is 0 Å². The summed E-state index contributed by atoms with van der Waals surface area (Å²) in [6.07, 6.45) is 5.13. The number of nitrogens with zero attached hydrogens (tertiary/aromatic N) is 3. The average molecular weight is 251 g/mol. The van der Waals surface area contributed by atoms with E-state index in [0.29, 0.717) is 6.04 Å². The lowest BCUT2D eigenvalue weighted by atomic mass is 9.95. The summed E-state index contributed by atoms with van der Waals surface area (Å²) in [5, 5.41) is 14.7. The molecule has 0 aliphatic carbocycles. The lowest BCUT2D eigenvalue weighted by Crippen LogP contribution is -2.45. The molecule has 0 aromatic carbocycles. The Morgan fingerprint density at radius 2 is 2.33 bits per heavy atom. The number of β-amino-alcohol motifs (C(OH)–C–C–N with tert-alkyl or cyclic N) is 1. The Morgan fingerprint density at radius 3 is 3.00 bits per heavy atom. The van der Waals surface area contributed by atoms with Crippen molar-refractivity contribution in [3.05, 3.63) is 18.0 Å². The standard InChI is InChI=1S/C14H25N3O/c1-4-12(2)17-9-6-13(15-17)10-16-8-5-7-14(3,18)11-16/h6,9,12,18H,4-5,7-8,10-11H2,1-3H3. The molecule has 2 rings (SSSR count). The molecule has 1 aromatic rings. The van der Waals surface area contributed by atoms with Crippen LogP contribution in [0.15, 0.2) is 12.3 Å². The molecule has 1 aromatic heterocycles. The van der Waals surface area contributed by atoms with Crippen LogP contribution in [0.2, 0.25) is 0 Å². The van der Waals surface area contributed by atoms with Crippen molar-refractivity contribution in [2.75, 3.05) is 13.1 Å². The molecule has 0 saturated carbocycles. The average Bonchev–Trinajstić information content (AvgIpc) is 2.75. The van der Waals surface area contributed by atoms with E-state index in [9.17, 15) is 5.11 Å². The molecule has 1 aliphatic heterocycles. The molecule has 2 atom stereocenters. The van der Waals surface area contributed by atoms with Gasteiger partial charge in [0.25, 0.3) is 0 Å². The summed E-state index contributed by atoms with van der Waals surface area (Å²) in [6.45, 7) is 8.95. The van der Waals surface area contributed by atoms with Gasteiger partial charge in [-0.3, -0.25) is 9.58 Å². The molecule has 2 unspecified atom stereocenters. The fourth-order valence-corrected chi connectivity index (χ4v) is 2.58. The molecule has 0 amide bonds. The Kier molecular flexibility index (Phi) is 4.07. The molecule has 18 heavy (non-hydrogen) atoms. The molecule has 0 bridgehead atoms. The Labute approximate surface area is 110 Å². The maximum absolute atomic E-state index is 10.1. The number of likely N-dealkylation sites (tertiary alicyclic amines) is 1. The molecule has 2 heterocycles. The van der Waals surface area contributed by atoms with E-state index in [-0.39, 0.29) is 0 Å². The van der Waals surface area contributed by atoms with Crippen LogP contribution < -0.4 is 0 Å². The summed E-state index contributed by atoms with van der Waals surface area (Å²) < 4.78 is 2.04. The molecule has 4 nitrogen and oxygen atoms in total. The van der Waals surface area contributed by atoms with Crippen LogP contribution >= 0.6 is 0 Å². The highest BCUT2D eigenvalue weighted by Gasteiger charge is 2.28. The van der Waals surface area contributed by atoms with Crippen LogP contribution in [-0.2, 0) is 6.54 Å². The third-order valence-corrected chi connectivity index (χ3v) is 3.85. The first kappa shape index (κ1) is 13.6. The summed E-state index contributed by atoms with van der Waals surface area (Å²) in [5.74, 6) is 0. The monoisotopic (exact) mass is 251 g/mol. The lowest BCUT2D eigenvalue weighted by molar-refractivity contribution is -0.0185. The molecule has 102 valence electrons. The van der Waals surface area contributed by atoms with Crippen molar-refractivity contribution in [3.63, 3.8) is 0 Å². The largest absolute Gasteiger partial charge is 0.389 e. The van der Waals surface area contributed by atoms with Gasteiger partial charge in [-0.2, -0.15) is 5.10 Å². The summed E-state index contributed by atoms with van der Waals surface area (Å²) in [4.78, 5) is 2.30. The van der Waals surface area contributed by atoms with E-state index in [0.717, 1.165) is 44.6 Å². The molecule has 1 N–H and O–H groups in total. The van der Waals surface area contributed by atoms with Crippen molar-refractivity contribution in [1.29, 1.82) is 0 Å². The zero-order chi connectivity index (χ0) is 13.2. The second-order valence-electron chi connectivity index (χ2n) is 5.86. The van der Waals surface area contributed by atoms with Crippen molar-refractivity contribution in [2.45, 2.75) is 58.2 Å². The summed E-state index contributed by atoms with van der Waals surface area (Å²) in [5.41, 5.74) is 0.574. The highest BCUT2D eigenvalue weighted by atomic mass is 16.3. The smallest absolute Gasteiger partial charge is 0.0764 e. The fraction of sp³-hybridized carbons (Fsp3) is 0.786. The quantitative estimate of drug-likeness (QED) is 0.892. The van der Waals surface area contributed by atoms with Crippen LogP contribution in [0, 0.1) is 0 Å². The molecule has 4 heteroatoms. The molecule has 1 saturated heterocycles. The van der Waals surface area contributed by atoms with Gasteiger partial charge in [-0.25, -0.2) is 0 Å². The van der Waals surface area contributed by atoms with Crippen LogP contribution in [0.5, 0.6) is 0 Å². The Balaban J connectivity index is 1.95. The maximum atomic E-state index is 10.1. The number of rotatable bonds is 4. The minimum absolute atomic E-state index is 0.461. The van der Waals surface area contributed by atoms with Crippen LogP contribution in [0.25, 0.3) is 0 Å². The molecule has 1 aliphatic rings. The number of aromatic nitrogens is 2. The molecule has 0 spiro atoms. The summed E-state index contributed by atoms with van der Waals surface area (Å²) in [7, 11) is 0. The molecule has 0 radical (unpaired) electrons. The van der Waals surface area contributed by atoms with Crippen molar-refractivity contribution < 1.29 is 5.11 Å². The van der Waals surface area contributed by atoms with E-state index in [1.165, 1.54) is 0 Å². The zero-order valence-corrected chi connectivity index (χ0v) is 11.8. The highest BCUT2D eigenvalue weighted by Crippen LogP contribution is 2.21. The van der Waals surface area contributed by atoms with Gasteiger partial charge in [0.15, 0.2) is 0 Å². The van der Waals surface area contributed by atoms with Crippen molar-refractivity contribution in [1.82, 2.24) is 14.7 Å². The van der Waals surface area contributed by atoms with Crippen molar-refractivity contribution >= 4 is 0 Å². The van der Waals surface area contributed by atoms with Gasteiger partial charge in [0.1, 0.15) is 0 Å².